The van der Waals surface area contributed by atoms with Crippen molar-refractivity contribution in [2.45, 2.75) is 0 Å². The van der Waals surface area contributed by atoms with Crippen molar-refractivity contribution in [3.05, 3.63) is 36.4 Å². The van der Waals surface area contributed by atoms with E-state index in [-0.39, 0.29) is 44.3 Å². The van der Waals surface area contributed by atoms with E-state index >= 15 is 0 Å². The van der Waals surface area contributed by atoms with Gasteiger partial charge in [0.15, 0.2) is 0 Å². The van der Waals surface area contributed by atoms with E-state index in [0.29, 0.717) is 0 Å². The van der Waals surface area contributed by atoms with E-state index in [2.05, 4.69) is 0 Å². The Hall–Kier alpha value is 0.813. The van der Waals surface area contributed by atoms with Gasteiger partial charge in [-0.3, -0.25) is 0 Å². The molecule has 0 unspecified atom stereocenters. The zero-order chi connectivity index (χ0) is 7.82. The maximum absolute atomic E-state index is 8.12. The van der Waals surface area contributed by atoms with Crippen molar-refractivity contribution in [1.29, 1.82) is 0 Å². The van der Waals surface area contributed by atoms with Crippen LogP contribution in [-0.2, 0) is 19.5 Å². The zero-order valence-corrected chi connectivity index (χ0v) is 11.8. The smallest absolute Gasteiger partial charge is 0.0187 e. The fraction of sp³-hybridized carbons (Fsp3) is 0.250. The molecule has 0 fully saturated rings. The Bertz CT molecular complexity index is 123. The molecule has 80 valence electrons. The minimum absolute atomic E-state index is 0. The van der Waals surface area contributed by atoms with Crippen LogP contribution in [0.25, 0.3) is 0 Å². The average Bonchev–Trinajstić information content (AvgIpc) is 1.90. The molecule has 0 spiro atoms. The summed E-state index contributed by atoms with van der Waals surface area (Å²) in [6.07, 6.45) is 0. The molecule has 0 atom stereocenters. The van der Waals surface area contributed by atoms with Crippen LogP contribution in [0, 0.1) is 0 Å². The second kappa shape index (κ2) is 18.6. The fourth-order valence-corrected chi connectivity index (χ4v) is 0.385. The number of hydrogen-bond donors (Lipinski definition) is 1. The third-order valence-corrected chi connectivity index (χ3v) is 0.667. The predicted molar refractivity (Wildman–Crippen MR) is 61.9 cm³/mol. The van der Waals surface area contributed by atoms with E-state index in [0.717, 1.165) is 0 Å². The molecule has 13 heavy (non-hydrogen) atoms. The number of rotatable bonds is 0. The molecule has 0 heterocycles. The standard InChI is InChI=1S/C6H6.C2H7OP.2ClH.Ru/c1-2-4-6-5-3-1;1-4(2)3;;;/h1-6H;3H,1-2H3;2*1H;. The molecule has 0 amide bonds. The summed E-state index contributed by atoms with van der Waals surface area (Å²) in [5.74, 6) is 0. The Morgan fingerprint density at radius 1 is 0.769 bits per heavy atom. The Labute approximate surface area is 107 Å². The first kappa shape index (κ1) is 23.5. The van der Waals surface area contributed by atoms with Crippen molar-refractivity contribution in [3.8, 4) is 0 Å². The van der Waals surface area contributed by atoms with Crippen molar-refractivity contribution < 1.29 is 24.4 Å². The maximum atomic E-state index is 8.12. The monoisotopic (exact) mass is 330 g/mol. The van der Waals surface area contributed by atoms with Crippen LogP contribution in [0.1, 0.15) is 0 Å². The molecule has 0 aromatic heterocycles. The molecule has 0 aliphatic heterocycles. The van der Waals surface area contributed by atoms with Gasteiger partial charge >= 0.3 is 0 Å². The van der Waals surface area contributed by atoms with E-state index in [1.54, 1.807) is 13.3 Å². The van der Waals surface area contributed by atoms with Crippen LogP contribution in [0.15, 0.2) is 36.4 Å². The van der Waals surface area contributed by atoms with Gasteiger partial charge in [-0.15, -0.1) is 24.8 Å². The average molecular weight is 330 g/mol. The van der Waals surface area contributed by atoms with Crippen LogP contribution in [0.3, 0.4) is 0 Å². The Morgan fingerprint density at radius 2 is 0.846 bits per heavy atom. The van der Waals surface area contributed by atoms with Crippen LogP contribution >= 0.6 is 33.0 Å². The second-order valence-corrected chi connectivity index (χ2v) is 3.70. The first-order chi connectivity index (χ1) is 4.73. The summed E-state index contributed by atoms with van der Waals surface area (Å²) >= 11 is 0. The predicted octanol–water partition coefficient (Wildman–Crippen LogP) is 3.16. The van der Waals surface area contributed by atoms with Crippen LogP contribution < -0.4 is 0 Å². The third kappa shape index (κ3) is 32.3. The Balaban J connectivity index is -0.0000000536. The molecule has 1 rings (SSSR count). The van der Waals surface area contributed by atoms with Crippen molar-refractivity contribution in [2.75, 3.05) is 13.3 Å². The first-order valence-corrected chi connectivity index (χ1v) is 5.28. The topological polar surface area (TPSA) is 20.2 Å². The van der Waals surface area contributed by atoms with E-state index in [9.17, 15) is 0 Å². The molecule has 0 saturated heterocycles. The number of hydrogen-bond acceptors (Lipinski definition) is 1. The van der Waals surface area contributed by atoms with Gasteiger partial charge in [0.25, 0.3) is 0 Å². The fourth-order valence-electron chi connectivity index (χ4n) is 0.385. The first-order valence-electron chi connectivity index (χ1n) is 3.09. The summed E-state index contributed by atoms with van der Waals surface area (Å²) in [6, 6.07) is 12.0. The summed E-state index contributed by atoms with van der Waals surface area (Å²) in [5, 5.41) is 0. The number of benzene rings is 1. The van der Waals surface area contributed by atoms with Gasteiger partial charge in [-0.25, -0.2) is 0 Å². The van der Waals surface area contributed by atoms with E-state index in [1.165, 1.54) is 0 Å². The van der Waals surface area contributed by atoms with Crippen molar-refractivity contribution in [1.82, 2.24) is 0 Å². The molecule has 0 saturated carbocycles. The SMILES string of the molecule is CP(C)O.Cl.Cl.[Ru].c1ccccc1. The quantitative estimate of drug-likeness (QED) is 0.572. The van der Waals surface area contributed by atoms with Gasteiger partial charge in [-0.2, -0.15) is 0 Å². The van der Waals surface area contributed by atoms with Crippen molar-refractivity contribution >= 4 is 33.0 Å². The molecule has 5 heteroatoms. The minimum Gasteiger partial charge on any atom is -0.374 e. The van der Waals surface area contributed by atoms with Crippen molar-refractivity contribution in [2.24, 2.45) is 0 Å². The molecule has 0 radical (unpaired) electrons. The normalized spacial score (nSPS) is 6.46. The van der Waals surface area contributed by atoms with Gasteiger partial charge in [-0.05, 0) is 13.3 Å². The minimum atomic E-state index is -0.620. The van der Waals surface area contributed by atoms with Gasteiger partial charge in [0.1, 0.15) is 0 Å². The third-order valence-electron chi connectivity index (χ3n) is 0.667. The van der Waals surface area contributed by atoms with Gasteiger partial charge in [0, 0.05) is 27.6 Å². The molecule has 1 aromatic carbocycles. The van der Waals surface area contributed by atoms with E-state index in [1.807, 2.05) is 36.4 Å². The van der Waals surface area contributed by atoms with Gasteiger partial charge in [-0.1, -0.05) is 36.4 Å². The van der Waals surface area contributed by atoms with E-state index in [4.69, 9.17) is 4.89 Å². The molecule has 1 nitrogen and oxygen atoms in total. The van der Waals surface area contributed by atoms with Crippen LogP contribution in [0.4, 0.5) is 0 Å². The molecule has 0 bridgehead atoms. The van der Waals surface area contributed by atoms with Gasteiger partial charge in [0.05, 0.1) is 0 Å². The molecule has 0 aliphatic carbocycles. The number of halogens is 2. The maximum Gasteiger partial charge on any atom is 0.0187 e. The molecule has 1 N–H and O–H groups in total. The Kier molecular flexibility index (Phi) is 33.6. The Morgan fingerprint density at radius 3 is 0.923 bits per heavy atom. The zero-order valence-electron chi connectivity index (χ0n) is 7.53. The van der Waals surface area contributed by atoms with Crippen LogP contribution in [0.2, 0.25) is 0 Å². The summed E-state index contributed by atoms with van der Waals surface area (Å²) in [6.45, 7) is 3.57. The van der Waals surface area contributed by atoms with Gasteiger partial charge in [0.2, 0.25) is 0 Å². The van der Waals surface area contributed by atoms with Gasteiger partial charge < -0.3 is 4.89 Å². The summed E-state index contributed by atoms with van der Waals surface area (Å²) in [7, 11) is -0.620. The van der Waals surface area contributed by atoms with Crippen LogP contribution in [-0.4, -0.2) is 18.2 Å². The summed E-state index contributed by atoms with van der Waals surface area (Å²) in [5.41, 5.74) is 0. The molecule has 1 aromatic rings. The summed E-state index contributed by atoms with van der Waals surface area (Å²) in [4.78, 5) is 8.12. The molecular weight excluding hydrogens is 315 g/mol. The van der Waals surface area contributed by atoms with E-state index < -0.39 is 8.15 Å². The van der Waals surface area contributed by atoms with Crippen LogP contribution in [0.5, 0.6) is 0 Å². The van der Waals surface area contributed by atoms with Crippen molar-refractivity contribution in [3.63, 3.8) is 0 Å². The molecule has 0 aliphatic rings. The summed E-state index contributed by atoms with van der Waals surface area (Å²) < 4.78 is 0. The molecular formula is C8H15Cl2OPRu. The second-order valence-electron chi connectivity index (χ2n) is 2.00. The largest absolute Gasteiger partial charge is 0.374 e.